The molecule has 0 atom stereocenters. The van der Waals surface area contributed by atoms with Crippen molar-refractivity contribution in [1.29, 1.82) is 0 Å². The first-order valence-electron chi connectivity index (χ1n) is 7.25. The first kappa shape index (κ1) is 15.8. The van der Waals surface area contributed by atoms with E-state index in [1.54, 1.807) is 0 Å². The first-order chi connectivity index (χ1) is 11.7. The van der Waals surface area contributed by atoms with Gasteiger partial charge in [0.15, 0.2) is 6.29 Å². The standard InChI is InChI=1S/C19H13F2NO2/c20-16-8-15(24-12-13-4-2-1-3-5-13)9-17(21)19(16)18-7-6-14(11-23)10-22-18/h1-11H,12H2. The Kier molecular flexibility index (Phi) is 4.61. The van der Waals surface area contributed by atoms with E-state index in [4.69, 9.17) is 4.74 Å². The zero-order valence-electron chi connectivity index (χ0n) is 12.6. The molecule has 120 valence electrons. The molecule has 24 heavy (non-hydrogen) atoms. The summed E-state index contributed by atoms with van der Waals surface area (Å²) in [6.45, 7) is 0.214. The molecule has 0 aliphatic heterocycles. The highest BCUT2D eigenvalue weighted by Crippen LogP contribution is 2.29. The van der Waals surface area contributed by atoms with E-state index in [0.29, 0.717) is 11.8 Å². The number of ether oxygens (including phenoxy) is 1. The fraction of sp³-hybridized carbons (Fsp3) is 0.0526. The summed E-state index contributed by atoms with van der Waals surface area (Å²) in [7, 11) is 0. The van der Waals surface area contributed by atoms with Crippen molar-refractivity contribution in [1.82, 2.24) is 4.98 Å². The van der Waals surface area contributed by atoms with Gasteiger partial charge in [-0.3, -0.25) is 9.78 Å². The first-order valence-corrected chi connectivity index (χ1v) is 7.25. The van der Waals surface area contributed by atoms with Crippen LogP contribution in [0.2, 0.25) is 0 Å². The van der Waals surface area contributed by atoms with Crippen LogP contribution in [0.5, 0.6) is 5.75 Å². The molecular formula is C19H13F2NO2. The number of rotatable bonds is 5. The second kappa shape index (κ2) is 7.00. The van der Waals surface area contributed by atoms with Crippen molar-refractivity contribution in [3.05, 3.63) is 83.6 Å². The number of halogens is 2. The maximum absolute atomic E-state index is 14.3. The minimum atomic E-state index is -0.774. The van der Waals surface area contributed by atoms with Gasteiger partial charge in [-0.05, 0) is 17.7 Å². The lowest BCUT2D eigenvalue weighted by Crippen LogP contribution is -1.99. The Bertz CT molecular complexity index is 826. The topological polar surface area (TPSA) is 39.2 Å². The molecule has 0 bridgehead atoms. The van der Waals surface area contributed by atoms with Gasteiger partial charge in [0.05, 0.1) is 11.3 Å². The third kappa shape index (κ3) is 3.46. The monoisotopic (exact) mass is 325 g/mol. The summed E-state index contributed by atoms with van der Waals surface area (Å²) in [5, 5.41) is 0. The van der Waals surface area contributed by atoms with Crippen LogP contribution in [0.15, 0.2) is 60.8 Å². The fourth-order valence-electron chi connectivity index (χ4n) is 2.24. The Hall–Kier alpha value is -3.08. The van der Waals surface area contributed by atoms with Gasteiger partial charge in [0.1, 0.15) is 24.0 Å². The van der Waals surface area contributed by atoms with E-state index < -0.39 is 11.6 Å². The van der Waals surface area contributed by atoms with E-state index in [1.807, 2.05) is 30.3 Å². The van der Waals surface area contributed by atoms with E-state index in [2.05, 4.69) is 4.98 Å². The lowest BCUT2D eigenvalue weighted by molar-refractivity contribution is 0.112. The summed E-state index contributed by atoms with van der Waals surface area (Å²) in [6, 6.07) is 14.4. The van der Waals surface area contributed by atoms with Gasteiger partial charge in [-0.2, -0.15) is 0 Å². The van der Waals surface area contributed by atoms with Crippen LogP contribution in [0.1, 0.15) is 15.9 Å². The van der Waals surface area contributed by atoms with Crippen LogP contribution in [0, 0.1) is 11.6 Å². The largest absolute Gasteiger partial charge is 0.489 e. The normalized spacial score (nSPS) is 10.4. The summed E-state index contributed by atoms with van der Waals surface area (Å²) in [5.41, 5.74) is 1.10. The minimum Gasteiger partial charge on any atom is -0.489 e. The molecule has 3 aromatic rings. The Morgan fingerprint density at radius 2 is 1.71 bits per heavy atom. The zero-order chi connectivity index (χ0) is 16.9. The lowest BCUT2D eigenvalue weighted by atomic mass is 10.1. The number of hydrogen-bond acceptors (Lipinski definition) is 3. The highest BCUT2D eigenvalue weighted by Gasteiger charge is 2.15. The van der Waals surface area contributed by atoms with Gasteiger partial charge >= 0.3 is 0 Å². The molecule has 3 nitrogen and oxygen atoms in total. The summed E-state index contributed by atoms with van der Waals surface area (Å²) in [5.74, 6) is -1.45. The van der Waals surface area contributed by atoms with Crippen molar-refractivity contribution in [3.63, 3.8) is 0 Å². The predicted molar refractivity (Wildman–Crippen MR) is 85.8 cm³/mol. The van der Waals surface area contributed by atoms with Gasteiger partial charge in [-0.1, -0.05) is 30.3 Å². The van der Waals surface area contributed by atoms with Gasteiger partial charge in [0.2, 0.25) is 0 Å². The minimum absolute atomic E-state index is 0.0992. The summed E-state index contributed by atoms with van der Waals surface area (Å²) in [6.07, 6.45) is 1.88. The summed E-state index contributed by atoms with van der Waals surface area (Å²) >= 11 is 0. The number of nitrogens with zero attached hydrogens (tertiary/aromatic N) is 1. The van der Waals surface area contributed by atoms with Crippen LogP contribution in [0.3, 0.4) is 0 Å². The highest BCUT2D eigenvalue weighted by molar-refractivity contribution is 5.75. The van der Waals surface area contributed by atoms with Crippen molar-refractivity contribution in [2.45, 2.75) is 6.61 Å². The molecule has 0 amide bonds. The molecule has 1 aromatic heterocycles. The number of aromatic nitrogens is 1. The summed E-state index contributed by atoms with van der Waals surface area (Å²) < 4.78 is 34.0. The molecule has 5 heteroatoms. The smallest absolute Gasteiger partial charge is 0.151 e. The van der Waals surface area contributed by atoms with Crippen molar-refractivity contribution in [3.8, 4) is 17.0 Å². The van der Waals surface area contributed by atoms with E-state index in [0.717, 1.165) is 17.7 Å². The molecule has 0 N–H and O–H groups in total. The van der Waals surface area contributed by atoms with Crippen molar-refractivity contribution >= 4 is 6.29 Å². The van der Waals surface area contributed by atoms with E-state index in [9.17, 15) is 13.6 Å². The average Bonchev–Trinajstić information content (AvgIpc) is 2.61. The maximum atomic E-state index is 14.3. The molecule has 0 radical (unpaired) electrons. The molecule has 0 fully saturated rings. The Balaban J connectivity index is 1.84. The van der Waals surface area contributed by atoms with Crippen LogP contribution >= 0.6 is 0 Å². The quantitative estimate of drug-likeness (QED) is 0.652. The molecule has 0 aliphatic rings. The average molecular weight is 325 g/mol. The van der Waals surface area contributed by atoms with Crippen molar-refractivity contribution in [2.75, 3.05) is 0 Å². The SMILES string of the molecule is O=Cc1ccc(-c2c(F)cc(OCc3ccccc3)cc2F)nc1. The second-order valence-electron chi connectivity index (χ2n) is 5.13. The molecule has 1 heterocycles. The third-order valence-corrected chi connectivity index (χ3v) is 3.44. The van der Waals surface area contributed by atoms with Crippen LogP contribution in [-0.4, -0.2) is 11.3 Å². The van der Waals surface area contributed by atoms with E-state index in [-0.39, 0.29) is 23.6 Å². The van der Waals surface area contributed by atoms with Crippen molar-refractivity contribution in [2.24, 2.45) is 0 Å². The molecule has 0 unspecified atom stereocenters. The van der Waals surface area contributed by atoms with Crippen LogP contribution in [-0.2, 0) is 6.61 Å². The fourth-order valence-corrected chi connectivity index (χ4v) is 2.24. The molecule has 0 saturated carbocycles. The molecule has 0 aliphatic carbocycles. The Labute approximate surface area is 137 Å². The summed E-state index contributed by atoms with van der Waals surface area (Å²) in [4.78, 5) is 14.5. The second-order valence-corrected chi connectivity index (χ2v) is 5.13. The van der Waals surface area contributed by atoms with Gasteiger partial charge in [-0.15, -0.1) is 0 Å². The van der Waals surface area contributed by atoms with Crippen LogP contribution < -0.4 is 4.74 Å². The number of hydrogen-bond donors (Lipinski definition) is 0. The van der Waals surface area contributed by atoms with Gasteiger partial charge in [0.25, 0.3) is 0 Å². The maximum Gasteiger partial charge on any atom is 0.151 e. The lowest BCUT2D eigenvalue weighted by Gasteiger charge is -2.10. The van der Waals surface area contributed by atoms with Gasteiger partial charge < -0.3 is 4.74 Å². The Morgan fingerprint density at radius 3 is 2.29 bits per heavy atom. The number of benzene rings is 2. The molecule has 0 saturated heterocycles. The third-order valence-electron chi connectivity index (χ3n) is 3.44. The van der Waals surface area contributed by atoms with Crippen LogP contribution in [0.4, 0.5) is 8.78 Å². The van der Waals surface area contributed by atoms with Crippen molar-refractivity contribution < 1.29 is 18.3 Å². The number of pyridine rings is 1. The highest BCUT2D eigenvalue weighted by atomic mass is 19.1. The van der Waals surface area contributed by atoms with E-state index in [1.165, 1.54) is 18.3 Å². The van der Waals surface area contributed by atoms with Gasteiger partial charge in [-0.25, -0.2) is 8.78 Å². The zero-order valence-corrected chi connectivity index (χ0v) is 12.6. The Morgan fingerprint density at radius 1 is 1.00 bits per heavy atom. The van der Waals surface area contributed by atoms with E-state index >= 15 is 0 Å². The number of aldehydes is 1. The number of carbonyl (C=O) groups excluding carboxylic acids is 1. The molecule has 3 rings (SSSR count). The van der Waals surface area contributed by atoms with Crippen LogP contribution in [0.25, 0.3) is 11.3 Å². The molecule has 0 spiro atoms. The predicted octanol–water partition coefficient (Wildman–Crippen LogP) is 4.42. The molecular weight excluding hydrogens is 312 g/mol. The molecule has 2 aromatic carbocycles. The number of carbonyl (C=O) groups is 1. The van der Waals surface area contributed by atoms with Gasteiger partial charge in [0, 0.05) is 23.9 Å².